The van der Waals surface area contributed by atoms with Crippen LogP contribution in [0.3, 0.4) is 0 Å². The molecule has 0 aliphatic carbocycles. The highest BCUT2D eigenvalue weighted by atomic mass is 16.5. The Hall–Kier alpha value is -2.69. The van der Waals surface area contributed by atoms with E-state index in [-0.39, 0.29) is 12.5 Å². The predicted molar refractivity (Wildman–Crippen MR) is 94.2 cm³/mol. The van der Waals surface area contributed by atoms with Crippen LogP contribution in [0.1, 0.15) is 25.3 Å². The molecule has 0 heterocycles. The van der Waals surface area contributed by atoms with E-state index in [0.717, 1.165) is 0 Å². The van der Waals surface area contributed by atoms with Gasteiger partial charge < -0.3 is 19.5 Å². The van der Waals surface area contributed by atoms with Crippen LogP contribution >= 0.6 is 0 Å². The largest absolute Gasteiger partial charge is 0.493 e. The van der Waals surface area contributed by atoms with E-state index in [2.05, 4.69) is 19.2 Å². The molecular formula is C19H23NO4. The number of carbonyl (C=O) groups is 1. The smallest absolute Gasteiger partial charge is 0.262 e. The van der Waals surface area contributed by atoms with Gasteiger partial charge in [0.2, 0.25) is 0 Å². The summed E-state index contributed by atoms with van der Waals surface area (Å²) in [4.78, 5) is 12.0. The van der Waals surface area contributed by atoms with Crippen LogP contribution < -0.4 is 19.5 Å². The lowest BCUT2D eigenvalue weighted by atomic mass is 10.0. The molecule has 0 saturated heterocycles. The number of amides is 1. The van der Waals surface area contributed by atoms with Gasteiger partial charge in [-0.15, -0.1) is 0 Å². The van der Waals surface area contributed by atoms with Crippen molar-refractivity contribution in [2.45, 2.75) is 19.8 Å². The van der Waals surface area contributed by atoms with Crippen molar-refractivity contribution in [1.29, 1.82) is 0 Å². The van der Waals surface area contributed by atoms with Crippen molar-refractivity contribution in [3.8, 4) is 17.2 Å². The zero-order valence-corrected chi connectivity index (χ0v) is 14.5. The number of hydrogen-bond donors (Lipinski definition) is 1. The van der Waals surface area contributed by atoms with Gasteiger partial charge in [-0.3, -0.25) is 4.79 Å². The Morgan fingerprint density at radius 1 is 1.00 bits per heavy atom. The highest BCUT2D eigenvalue weighted by Gasteiger charge is 2.08. The number of anilines is 1. The number of methoxy groups -OCH3 is 2. The molecule has 0 unspecified atom stereocenters. The number of ether oxygens (including phenoxy) is 3. The van der Waals surface area contributed by atoms with Crippen molar-refractivity contribution in [2.75, 3.05) is 26.1 Å². The minimum Gasteiger partial charge on any atom is -0.493 e. The second-order valence-electron chi connectivity index (χ2n) is 5.63. The average Bonchev–Trinajstić information content (AvgIpc) is 2.60. The minimum atomic E-state index is -0.241. The highest BCUT2D eigenvalue weighted by molar-refractivity contribution is 5.92. The van der Waals surface area contributed by atoms with Gasteiger partial charge in [-0.2, -0.15) is 0 Å². The summed E-state index contributed by atoms with van der Waals surface area (Å²) in [5, 5.41) is 2.77. The second-order valence-corrected chi connectivity index (χ2v) is 5.63. The third-order valence-electron chi connectivity index (χ3n) is 3.58. The fourth-order valence-corrected chi connectivity index (χ4v) is 2.21. The van der Waals surface area contributed by atoms with Crippen LogP contribution in [0.5, 0.6) is 17.2 Å². The molecule has 0 spiro atoms. The van der Waals surface area contributed by atoms with E-state index in [9.17, 15) is 4.79 Å². The first-order valence-electron chi connectivity index (χ1n) is 7.78. The Morgan fingerprint density at radius 3 is 2.25 bits per heavy atom. The first-order chi connectivity index (χ1) is 11.5. The molecule has 0 saturated carbocycles. The summed E-state index contributed by atoms with van der Waals surface area (Å²) in [6.07, 6.45) is 0. The lowest BCUT2D eigenvalue weighted by molar-refractivity contribution is -0.118. The van der Waals surface area contributed by atoms with Gasteiger partial charge in [0.1, 0.15) is 5.75 Å². The Morgan fingerprint density at radius 2 is 1.67 bits per heavy atom. The maximum Gasteiger partial charge on any atom is 0.262 e. The van der Waals surface area contributed by atoms with Crippen LogP contribution in [0.4, 0.5) is 5.69 Å². The SMILES string of the molecule is COc1ccc(NC(=O)COc2ccc(C(C)C)cc2)cc1OC. The summed E-state index contributed by atoms with van der Waals surface area (Å²) >= 11 is 0. The number of carbonyl (C=O) groups excluding carboxylic acids is 1. The summed E-state index contributed by atoms with van der Waals surface area (Å²) in [6, 6.07) is 12.9. The van der Waals surface area contributed by atoms with Gasteiger partial charge in [0.25, 0.3) is 5.91 Å². The molecule has 0 aliphatic rings. The van der Waals surface area contributed by atoms with Crippen molar-refractivity contribution < 1.29 is 19.0 Å². The summed E-state index contributed by atoms with van der Waals surface area (Å²) in [7, 11) is 3.11. The summed E-state index contributed by atoms with van der Waals surface area (Å²) in [5.41, 5.74) is 1.86. The molecule has 0 aliphatic heterocycles. The monoisotopic (exact) mass is 329 g/mol. The van der Waals surface area contributed by atoms with E-state index in [1.165, 1.54) is 5.56 Å². The van der Waals surface area contributed by atoms with Crippen LogP contribution in [0.2, 0.25) is 0 Å². The maximum atomic E-state index is 12.0. The molecule has 0 atom stereocenters. The fourth-order valence-electron chi connectivity index (χ4n) is 2.21. The van der Waals surface area contributed by atoms with Gasteiger partial charge in [-0.25, -0.2) is 0 Å². The van der Waals surface area contributed by atoms with E-state index in [1.807, 2.05) is 24.3 Å². The van der Waals surface area contributed by atoms with Gasteiger partial charge in [-0.1, -0.05) is 26.0 Å². The molecule has 0 bridgehead atoms. The fraction of sp³-hybridized carbons (Fsp3) is 0.316. The number of nitrogens with one attached hydrogen (secondary N) is 1. The summed E-state index contributed by atoms with van der Waals surface area (Å²) in [6.45, 7) is 4.20. The van der Waals surface area contributed by atoms with E-state index in [1.54, 1.807) is 32.4 Å². The molecule has 0 aromatic heterocycles. The van der Waals surface area contributed by atoms with Gasteiger partial charge >= 0.3 is 0 Å². The van der Waals surface area contributed by atoms with Crippen LogP contribution in [0, 0.1) is 0 Å². The van der Waals surface area contributed by atoms with E-state index < -0.39 is 0 Å². The van der Waals surface area contributed by atoms with Gasteiger partial charge in [0.15, 0.2) is 18.1 Å². The molecule has 128 valence electrons. The molecule has 0 radical (unpaired) electrons. The maximum absolute atomic E-state index is 12.0. The molecule has 5 nitrogen and oxygen atoms in total. The number of rotatable bonds is 7. The normalized spacial score (nSPS) is 10.4. The first-order valence-corrected chi connectivity index (χ1v) is 7.78. The Kier molecular flexibility index (Phi) is 6.07. The van der Waals surface area contributed by atoms with Crippen LogP contribution in [-0.4, -0.2) is 26.7 Å². The molecule has 24 heavy (non-hydrogen) atoms. The van der Waals surface area contributed by atoms with E-state index in [4.69, 9.17) is 14.2 Å². The van der Waals surface area contributed by atoms with Gasteiger partial charge in [0, 0.05) is 11.8 Å². The van der Waals surface area contributed by atoms with Crippen molar-refractivity contribution in [3.05, 3.63) is 48.0 Å². The Bertz CT molecular complexity index is 680. The predicted octanol–water partition coefficient (Wildman–Crippen LogP) is 3.84. The van der Waals surface area contributed by atoms with Gasteiger partial charge in [0.05, 0.1) is 14.2 Å². The van der Waals surface area contributed by atoms with Crippen molar-refractivity contribution in [3.63, 3.8) is 0 Å². The third kappa shape index (κ3) is 4.65. The molecule has 1 N–H and O–H groups in total. The Balaban J connectivity index is 1.91. The molecule has 0 fully saturated rings. The minimum absolute atomic E-state index is 0.0601. The number of hydrogen-bond acceptors (Lipinski definition) is 4. The van der Waals surface area contributed by atoms with Crippen molar-refractivity contribution in [1.82, 2.24) is 0 Å². The van der Waals surface area contributed by atoms with Crippen LogP contribution in [0.15, 0.2) is 42.5 Å². The molecule has 1 amide bonds. The second kappa shape index (κ2) is 8.24. The average molecular weight is 329 g/mol. The standard InChI is InChI=1S/C19H23NO4/c1-13(2)14-5-8-16(9-6-14)24-12-19(21)20-15-7-10-17(22-3)18(11-15)23-4/h5-11,13H,12H2,1-4H3,(H,20,21). The summed E-state index contributed by atoms with van der Waals surface area (Å²) < 4.78 is 15.9. The topological polar surface area (TPSA) is 56.8 Å². The van der Waals surface area contributed by atoms with Crippen LogP contribution in [0.25, 0.3) is 0 Å². The Labute approximate surface area is 142 Å². The van der Waals surface area contributed by atoms with Gasteiger partial charge in [-0.05, 0) is 35.7 Å². The summed E-state index contributed by atoms with van der Waals surface area (Å²) in [5.74, 6) is 2.06. The van der Waals surface area contributed by atoms with Crippen molar-refractivity contribution >= 4 is 11.6 Å². The molecule has 5 heteroatoms. The zero-order chi connectivity index (χ0) is 17.5. The van der Waals surface area contributed by atoms with Crippen LogP contribution in [-0.2, 0) is 4.79 Å². The van der Waals surface area contributed by atoms with E-state index in [0.29, 0.717) is 28.9 Å². The number of benzene rings is 2. The lowest BCUT2D eigenvalue weighted by Gasteiger charge is -2.11. The highest BCUT2D eigenvalue weighted by Crippen LogP contribution is 2.29. The van der Waals surface area contributed by atoms with Crippen molar-refractivity contribution in [2.24, 2.45) is 0 Å². The molecular weight excluding hydrogens is 306 g/mol. The zero-order valence-electron chi connectivity index (χ0n) is 14.5. The van der Waals surface area contributed by atoms with E-state index >= 15 is 0 Å². The molecule has 2 aromatic rings. The lowest BCUT2D eigenvalue weighted by Crippen LogP contribution is -2.20. The molecule has 2 rings (SSSR count). The third-order valence-corrected chi connectivity index (χ3v) is 3.58. The molecule has 2 aromatic carbocycles. The quantitative estimate of drug-likeness (QED) is 0.838. The first kappa shape index (κ1) is 17.7.